The third kappa shape index (κ3) is 2.57. The first kappa shape index (κ1) is 14.9. The Morgan fingerprint density at radius 3 is 2.17 bits per heavy atom. The minimum atomic E-state index is 0.273. The number of nitrogens with one attached hydrogen (secondary N) is 1. The maximum Gasteiger partial charge on any atom is 0.227 e. The molecule has 1 saturated heterocycles. The van der Waals surface area contributed by atoms with E-state index in [1.165, 1.54) is 44.1 Å². The Balaban J connectivity index is 1.25. The molecule has 1 aromatic carbocycles. The molecule has 1 aliphatic heterocycles. The van der Waals surface area contributed by atoms with E-state index in [-0.39, 0.29) is 5.91 Å². The highest BCUT2D eigenvalue weighted by Gasteiger charge is 2.50. The number of benzene rings is 1. The molecule has 1 aromatic rings. The zero-order chi connectivity index (χ0) is 16.1. The van der Waals surface area contributed by atoms with Gasteiger partial charge in [-0.3, -0.25) is 4.79 Å². The predicted molar refractivity (Wildman–Crippen MR) is 95.8 cm³/mol. The molecule has 0 radical (unpaired) electrons. The van der Waals surface area contributed by atoms with Crippen molar-refractivity contribution in [3.8, 4) is 0 Å². The van der Waals surface area contributed by atoms with Gasteiger partial charge in [-0.1, -0.05) is 12.1 Å². The molecule has 0 atom stereocenters. The molecule has 3 nitrogen and oxygen atoms in total. The molecular formula is C21H28N2O. The van der Waals surface area contributed by atoms with Crippen molar-refractivity contribution >= 4 is 11.6 Å². The smallest absolute Gasteiger partial charge is 0.227 e. The highest BCUT2D eigenvalue weighted by Crippen LogP contribution is 2.55. The first-order valence-corrected chi connectivity index (χ1v) is 9.83. The number of carbonyl (C=O) groups excluding carboxylic acids is 1. The van der Waals surface area contributed by atoms with E-state index >= 15 is 0 Å². The number of hydrogen-bond donors (Lipinski definition) is 1. The Hall–Kier alpha value is -1.35. The molecule has 128 valence electrons. The van der Waals surface area contributed by atoms with Crippen molar-refractivity contribution in [2.45, 2.75) is 63.5 Å². The first-order valence-electron chi connectivity index (χ1n) is 9.83. The van der Waals surface area contributed by atoms with Crippen LogP contribution in [-0.4, -0.2) is 18.0 Å². The lowest BCUT2D eigenvalue weighted by Crippen LogP contribution is -2.58. The minimum absolute atomic E-state index is 0.273. The highest BCUT2D eigenvalue weighted by molar-refractivity contribution is 5.95. The Labute approximate surface area is 144 Å². The van der Waals surface area contributed by atoms with Crippen LogP contribution in [0.3, 0.4) is 0 Å². The van der Waals surface area contributed by atoms with E-state index in [2.05, 4.69) is 29.6 Å². The van der Waals surface area contributed by atoms with Crippen molar-refractivity contribution in [2.24, 2.45) is 17.8 Å². The maximum absolute atomic E-state index is 11.9. The van der Waals surface area contributed by atoms with Crippen LogP contribution in [0.1, 0.15) is 56.9 Å². The summed E-state index contributed by atoms with van der Waals surface area (Å²) in [6.07, 6.45) is 10.4. The second-order valence-electron chi connectivity index (χ2n) is 8.87. The van der Waals surface area contributed by atoms with Gasteiger partial charge in [-0.2, -0.15) is 0 Å². The normalized spacial score (nSPS) is 37.4. The quantitative estimate of drug-likeness (QED) is 0.912. The summed E-state index contributed by atoms with van der Waals surface area (Å²) in [5, 5.41) is 3.96. The Bertz CT molecular complexity index is 600. The van der Waals surface area contributed by atoms with Crippen LogP contribution in [0.4, 0.5) is 5.69 Å². The van der Waals surface area contributed by atoms with Crippen molar-refractivity contribution in [1.29, 1.82) is 0 Å². The number of nitrogens with zero attached hydrogens (tertiary/aromatic N) is 1. The number of hydrogen-bond acceptors (Lipinski definition) is 2. The lowest BCUT2D eigenvalue weighted by molar-refractivity contribution is -0.117. The molecule has 4 bridgehead atoms. The average molecular weight is 324 g/mol. The third-order valence-corrected chi connectivity index (χ3v) is 7.03. The van der Waals surface area contributed by atoms with Crippen molar-refractivity contribution in [3.63, 3.8) is 0 Å². The predicted octanol–water partition coefficient (Wildman–Crippen LogP) is 3.87. The second-order valence-corrected chi connectivity index (χ2v) is 8.87. The van der Waals surface area contributed by atoms with Crippen molar-refractivity contribution in [3.05, 3.63) is 29.8 Å². The van der Waals surface area contributed by atoms with Gasteiger partial charge in [0.1, 0.15) is 0 Å². The lowest BCUT2D eigenvalue weighted by Gasteiger charge is -2.57. The summed E-state index contributed by atoms with van der Waals surface area (Å²) in [4.78, 5) is 13.8. The molecule has 1 amide bonds. The van der Waals surface area contributed by atoms with Crippen LogP contribution >= 0.6 is 0 Å². The fraction of sp³-hybridized carbons (Fsp3) is 0.667. The first-order chi connectivity index (χ1) is 11.7. The minimum Gasteiger partial charge on any atom is -0.312 e. The SMILES string of the molecule is O=C1CCCN1c1ccc(CNC23CC4CC(CC(C4)C2)C3)cc1. The third-order valence-electron chi connectivity index (χ3n) is 7.03. The van der Waals surface area contributed by atoms with Gasteiger partial charge in [0.2, 0.25) is 5.91 Å². The molecule has 3 heteroatoms. The number of carbonyl (C=O) groups is 1. The molecule has 0 spiro atoms. The van der Waals surface area contributed by atoms with Gasteiger partial charge in [-0.25, -0.2) is 0 Å². The van der Waals surface area contributed by atoms with E-state index in [0.717, 1.165) is 43.0 Å². The molecule has 5 fully saturated rings. The fourth-order valence-corrected chi connectivity index (χ4v) is 6.33. The van der Waals surface area contributed by atoms with E-state index in [1.54, 1.807) is 0 Å². The standard InChI is InChI=1S/C21H28N2O/c24-20-2-1-7-23(20)19-5-3-15(4-6-19)14-22-21-11-16-8-17(12-21)10-18(9-16)13-21/h3-6,16-18,22H,1-2,7-14H2. The molecule has 4 saturated carbocycles. The van der Waals surface area contributed by atoms with Gasteiger partial charge in [0.05, 0.1) is 0 Å². The van der Waals surface area contributed by atoms with Crippen molar-refractivity contribution in [2.75, 3.05) is 11.4 Å². The molecule has 5 aliphatic rings. The number of amides is 1. The van der Waals surface area contributed by atoms with E-state index in [9.17, 15) is 4.79 Å². The van der Waals surface area contributed by atoms with Gasteiger partial charge < -0.3 is 10.2 Å². The van der Waals surface area contributed by atoms with Gasteiger partial charge in [0, 0.05) is 30.7 Å². The van der Waals surface area contributed by atoms with Crippen molar-refractivity contribution in [1.82, 2.24) is 5.32 Å². The van der Waals surface area contributed by atoms with Crippen LogP contribution < -0.4 is 10.2 Å². The van der Waals surface area contributed by atoms with Crippen LogP contribution in [0.5, 0.6) is 0 Å². The lowest BCUT2D eigenvalue weighted by atomic mass is 9.53. The molecule has 24 heavy (non-hydrogen) atoms. The largest absolute Gasteiger partial charge is 0.312 e. The maximum atomic E-state index is 11.9. The summed E-state index contributed by atoms with van der Waals surface area (Å²) >= 11 is 0. The van der Waals surface area contributed by atoms with E-state index in [4.69, 9.17) is 0 Å². The number of rotatable bonds is 4. The second kappa shape index (κ2) is 5.59. The van der Waals surface area contributed by atoms with Crippen LogP contribution in [0.25, 0.3) is 0 Å². The van der Waals surface area contributed by atoms with Crippen LogP contribution in [0.2, 0.25) is 0 Å². The van der Waals surface area contributed by atoms with Crippen LogP contribution in [0.15, 0.2) is 24.3 Å². The molecule has 0 aromatic heterocycles. The fourth-order valence-electron chi connectivity index (χ4n) is 6.33. The van der Waals surface area contributed by atoms with E-state index < -0.39 is 0 Å². The van der Waals surface area contributed by atoms with Crippen LogP contribution in [0, 0.1) is 17.8 Å². The molecule has 0 unspecified atom stereocenters. The molecular weight excluding hydrogens is 296 g/mol. The van der Waals surface area contributed by atoms with E-state index in [1.807, 2.05) is 4.90 Å². The monoisotopic (exact) mass is 324 g/mol. The zero-order valence-electron chi connectivity index (χ0n) is 14.5. The summed E-state index contributed by atoms with van der Waals surface area (Å²) in [6, 6.07) is 8.66. The Morgan fingerprint density at radius 2 is 1.62 bits per heavy atom. The molecule has 1 N–H and O–H groups in total. The topological polar surface area (TPSA) is 32.3 Å². The molecule has 6 rings (SSSR count). The highest BCUT2D eigenvalue weighted by atomic mass is 16.2. The van der Waals surface area contributed by atoms with Gasteiger partial charge >= 0.3 is 0 Å². The van der Waals surface area contributed by atoms with Gasteiger partial charge in [-0.05, 0) is 80.4 Å². The van der Waals surface area contributed by atoms with E-state index in [0.29, 0.717) is 12.0 Å². The summed E-state index contributed by atoms with van der Waals surface area (Å²) in [5.41, 5.74) is 2.84. The summed E-state index contributed by atoms with van der Waals surface area (Å²) in [5.74, 6) is 3.25. The van der Waals surface area contributed by atoms with Crippen molar-refractivity contribution < 1.29 is 4.79 Å². The summed E-state index contributed by atoms with van der Waals surface area (Å²) in [7, 11) is 0. The average Bonchev–Trinajstić information content (AvgIpc) is 2.98. The zero-order valence-corrected chi connectivity index (χ0v) is 14.5. The number of anilines is 1. The van der Waals surface area contributed by atoms with Crippen LogP contribution in [-0.2, 0) is 11.3 Å². The summed E-state index contributed by atoms with van der Waals surface area (Å²) < 4.78 is 0. The van der Waals surface area contributed by atoms with Gasteiger partial charge in [-0.15, -0.1) is 0 Å². The van der Waals surface area contributed by atoms with Gasteiger partial charge in [0.25, 0.3) is 0 Å². The molecule has 1 heterocycles. The Kier molecular flexibility index (Phi) is 3.48. The Morgan fingerprint density at radius 1 is 1.00 bits per heavy atom. The van der Waals surface area contributed by atoms with Gasteiger partial charge in [0.15, 0.2) is 0 Å². The molecule has 4 aliphatic carbocycles. The summed E-state index contributed by atoms with van der Waals surface area (Å²) in [6.45, 7) is 1.85.